The SMILES string of the molecule is COC(=O)[C@@H]1CCCN1C(=O)c1cc2c([nH]c3cc(OC)ccc32)c(C=C(C)C)n1. The van der Waals surface area contributed by atoms with E-state index in [0.29, 0.717) is 24.4 Å². The molecule has 1 aromatic carbocycles. The average molecular weight is 407 g/mol. The molecule has 7 nitrogen and oxygen atoms in total. The number of benzene rings is 1. The van der Waals surface area contributed by atoms with Crippen molar-refractivity contribution in [1.82, 2.24) is 14.9 Å². The minimum Gasteiger partial charge on any atom is -0.497 e. The molecule has 0 saturated carbocycles. The summed E-state index contributed by atoms with van der Waals surface area (Å²) in [6.45, 7) is 4.49. The van der Waals surface area contributed by atoms with E-state index in [1.165, 1.54) is 7.11 Å². The first kappa shape index (κ1) is 19.9. The standard InChI is InChI=1S/C23H25N3O4/c1-13(2)10-18-21-16(15-8-7-14(29-3)11-17(15)25-21)12-19(24-18)22(27)26-9-5-6-20(26)23(28)30-4/h7-8,10-12,20,25H,5-6,9H2,1-4H3/t20-/m0/s1. The van der Waals surface area contributed by atoms with Crippen LogP contribution in [0.2, 0.25) is 0 Å². The number of esters is 1. The summed E-state index contributed by atoms with van der Waals surface area (Å²) < 4.78 is 10.2. The van der Waals surface area contributed by atoms with Gasteiger partial charge in [-0.25, -0.2) is 9.78 Å². The Labute approximate surface area is 174 Å². The number of carbonyl (C=O) groups excluding carboxylic acids is 2. The van der Waals surface area contributed by atoms with Gasteiger partial charge in [0.1, 0.15) is 17.5 Å². The lowest BCUT2D eigenvalue weighted by atomic mass is 10.1. The van der Waals surface area contributed by atoms with Crippen LogP contribution >= 0.6 is 0 Å². The van der Waals surface area contributed by atoms with Gasteiger partial charge in [0.15, 0.2) is 0 Å². The number of aromatic amines is 1. The van der Waals surface area contributed by atoms with E-state index in [4.69, 9.17) is 9.47 Å². The van der Waals surface area contributed by atoms with Gasteiger partial charge in [0.2, 0.25) is 0 Å². The van der Waals surface area contributed by atoms with E-state index in [9.17, 15) is 9.59 Å². The van der Waals surface area contributed by atoms with Gasteiger partial charge in [-0.15, -0.1) is 0 Å². The number of likely N-dealkylation sites (tertiary alicyclic amines) is 1. The highest BCUT2D eigenvalue weighted by molar-refractivity contribution is 6.11. The fourth-order valence-electron chi connectivity index (χ4n) is 4.06. The van der Waals surface area contributed by atoms with E-state index in [-0.39, 0.29) is 11.9 Å². The molecule has 30 heavy (non-hydrogen) atoms. The van der Waals surface area contributed by atoms with E-state index < -0.39 is 6.04 Å². The van der Waals surface area contributed by atoms with Crippen LogP contribution in [0.25, 0.3) is 27.9 Å². The Morgan fingerprint density at radius 1 is 1.20 bits per heavy atom. The zero-order chi connectivity index (χ0) is 21.4. The fraction of sp³-hybridized carbons (Fsp3) is 0.348. The second-order valence-electron chi connectivity index (χ2n) is 7.75. The monoisotopic (exact) mass is 407 g/mol. The highest BCUT2D eigenvalue weighted by atomic mass is 16.5. The first-order chi connectivity index (χ1) is 14.4. The third-order valence-electron chi connectivity index (χ3n) is 5.46. The lowest BCUT2D eigenvalue weighted by Gasteiger charge is -2.22. The van der Waals surface area contributed by atoms with E-state index in [2.05, 4.69) is 9.97 Å². The molecule has 3 aromatic rings. The molecule has 1 aliphatic rings. The van der Waals surface area contributed by atoms with Gasteiger partial charge in [-0.2, -0.15) is 0 Å². The van der Waals surface area contributed by atoms with E-state index in [1.54, 1.807) is 18.1 Å². The van der Waals surface area contributed by atoms with E-state index in [1.807, 2.05) is 38.1 Å². The van der Waals surface area contributed by atoms with Crippen molar-refractivity contribution in [2.75, 3.05) is 20.8 Å². The second-order valence-corrected chi connectivity index (χ2v) is 7.75. The predicted octanol–water partition coefficient (Wildman–Crippen LogP) is 3.93. The smallest absolute Gasteiger partial charge is 0.328 e. The van der Waals surface area contributed by atoms with Gasteiger partial charge in [-0.05, 0) is 51.0 Å². The Kier molecular flexibility index (Phi) is 5.20. The number of H-pyrrole nitrogens is 1. The molecule has 1 amide bonds. The second kappa shape index (κ2) is 7.82. The van der Waals surface area contributed by atoms with E-state index in [0.717, 1.165) is 39.5 Å². The first-order valence-electron chi connectivity index (χ1n) is 9.97. The summed E-state index contributed by atoms with van der Waals surface area (Å²) in [6.07, 6.45) is 3.32. The molecule has 1 N–H and O–H groups in total. The molecule has 7 heteroatoms. The van der Waals surface area contributed by atoms with Gasteiger partial charge in [0.05, 0.1) is 30.9 Å². The van der Waals surface area contributed by atoms with Gasteiger partial charge < -0.3 is 19.4 Å². The highest BCUT2D eigenvalue weighted by Gasteiger charge is 2.36. The lowest BCUT2D eigenvalue weighted by Crippen LogP contribution is -2.41. The fourth-order valence-corrected chi connectivity index (χ4v) is 4.06. The van der Waals surface area contributed by atoms with Crippen molar-refractivity contribution in [3.63, 3.8) is 0 Å². The number of nitrogens with one attached hydrogen (secondary N) is 1. The van der Waals surface area contributed by atoms with Crippen LogP contribution in [0.15, 0.2) is 29.8 Å². The Morgan fingerprint density at radius 2 is 2.00 bits per heavy atom. The lowest BCUT2D eigenvalue weighted by molar-refractivity contribution is -0.145. The number of fused-ring (bicyclic) bond motifs is 3. The van der Waals surface area contributed by atoms with Crippen molar-refractivity contribution in [3.05, 3.63) is 41.2 Å². The molecule has 156 valence electrons. The van der Waals surface area contributed by atoms with Gasteiger partial charge in [-0.3, -0.25) is 4.79 Å². The number of methoxy groups -OCH3 is 2. The maximum absolute atomic E-state index is 13.3. The number of ether oxygens (including phenoxy) is 2. The topological polar surface area (TPSA) is 84.5 Å². The number of carbonyl (C=O) groups is 2. The van der Waals surface area contributed by atoms with Crippen LogP contribution in [0, 0.1) is 0 Å². The summed E-state index contributed by atoms with van der Waals surface area (Å²) >= 11 is 0. The molecular weight excluding hydrogens is 382 g/mol. The number of nitrogens with zero attached hydrogens (tertiary/aromatic N) is 2. The van der Waals surface area contributed by atoms with Crippen molar-refractivity contribution in [1.29, 1.82) is 0 Å². The molecule has 0 radical (unpaired) electrons. The summed E-state index contributed by atoms with van der Waals surface area (Å²) in [5.74, 6) is 0.113. The Morgan fingerprint density at radius 3 is 2.70 bits per heavy atom. The van der Waals surface area contributed by atoms with Gasteiger partial charge in [0.25, 0.3) is 5.91 Å². The highest BCUT2D eigenvalue weighted by Crippen LogP contribution is 2.32. The molecular formula is C23H25N3O4. The molecule has 1 aliphatic heterocycles. The van der Waals surface area contributed by atoms with Crippen molar-refractivity contribution in [2.24, 2.45) is 0 Å². The number of pyridine rings is 1. The minimum atomic E-state index is -0.556. The predicted molar refractivity (Wildman–Crippen MR) is 116 cm³/mol. The van der Waals surface area contributed by atoms with Crippen molar-refractivity contribution in [2.45, 2.75) is 32.7 Å². The van der Waals surface area contributed by atoms with Gasteiger partial charge in [-0.1, -0.05) is 5.57 Å². The zero-order valence-electron chi connectivity index (χ0n) is 17.6. The molecule has 1 saturated heterocycles. The van der Waals surface area contributed by atoms with Crippen molar-refractivity contribution in [3.8, 4) is 5.75 Å². The Balaban J connectivity index is 1.88. The summed E-state index contributed by atoms with van der Waals surface area (Å²) in [5, 5.41) is 1.89. The first-order valence-corrected chi connectivity index (χ1v) is 9.97. The molecule has 0 bridgehead atoms. The van der Waals surface area contributed by atoms with Crippen LogP contribution in [0.3, 0.4) is 0 Å². The van der Waals surface area contributed by atoms with Crippen molar-refractivity contribution < 1.29 is 19.1 Å². The molecule has 0 unspecified atom stereocenters. The Hall–Kier alpha value is -3.35. The molecule has 0 aliphatic carbocycles. The minimum absolute atomic E-state index is 0.254. The molecule has 1 atom stereocenters. The number of aromatic nitrogens is 2. The zero-order valence-corrected chi connectivity index (χ0v) is 17.6. The third kappa shape index (κ3) is 3.40. The molecule has 0 spiro atoms. The normalized spacial score (nSPS) is 16.1. The van der Waals surface area contributed by atoms with Crippen LogP contribution in [0.5, 0.6) is 5.75 Å². The van der Waals surface area contributed by atoms with Gasteiger partial charge in [0, 0.05) is 23.4 Å². The molecule has 1 fully saturated rings. The van der Waals surface area contributed by atoms with Crippen LogP contribution in [-0.4, -0.2) is 53.6 Å². The summed E-state index contributed by atoms with van der Waals surface area (Å²) in [6, 6.07) is 7.04. The third-order valence-corrected chi connectivity index (χ3v) is 5.46. The van der Waals surface area contributed by atoms with Gasteiger partial charge >= 0.3 is 5.97 Å². The largest absolute Gasteiger partial charge is 0.497 e. The number of allylic oxidation sites excluding steroid dienone is 1. The quantitative estimate of drug-likeness (QED) is 0.663. The van der Waals surface area contributed by atoms with Crippen LogP contribution in [0.4, 0.5) is 0 Å². The molecule has 2 aromatic heterocycles. The number of rotatable bonds is 4. The van der Waals surface area contributed by atoms with Crippen LogP contribution < -0.4 is 4.74 Å². The summed E-state index contributed by atoms with van der Waals surface area (Å²) in [7, 11) is 2.98. The van der Waals surface area contributed by atoms with E-state index >= 15 is 0 Å². The Bertz CT molecular complexity index is 1170. The van der Waals surface area contributed by atoms with Crippen molar-refractivity contribution >= 4 is 39.8 Å². The molecule has 3 heterocycles. The van der Waals surface area contributed by atoms with Crippen LogP contribution in [0.1, 0.15) is 42.9 Å². The maximum atomic E-state index is 13.3. The number of amides is 1. The summed E-state index contributed by atoms with van der Waals surface area (Å²) in [5.41, 5.74) is 3.86. The number of hydrogen-bond acceptors (Lipinski definition) is 5. The average Bonchev–Trinajstić information content (AvgIpc) is 3.36. The van der Waals surface area contributed by atoms with Crippen LogP contribution in [-0.2, 0) is 9.53 Å². The number of hydrogen-bond donors (Lipinski definition) is 1. The summed E-state index contributed by atoms with van der Waals surface area (Å²) in [4.78, 5) is 35.1. The maximum Gasteiger partial charge on any atom is 0.328 e. The molecule has 4 rings (SSSR count).